The van der Waals surface area contributed by atoms with Crippen LogP contribution in [0.5, 0.6) is 5.75 Å². The largest absolute Gasteiger partial charge is 0.497 e. The number of rotatable bonds is 10. The van der Waals surface area contributed by atoms with Gasteiger partial charge in [0, 0.05) is 12.6 Å². The van der Waals surface area contributed by atoms with Gasteiger partial charge in [0.2, 0.25) is 6.67 Å². The molecule has 0 spiro atoms. The number of aliphatic imine (C=N–C) groups is 1. The Morgan fingerprint density at radius 2 is 2.17 bits per heavy atom. The van der Waals surface area contributed by atoms with Crippen molar-refractivity contribution in [1.82, 2.24) is 0 Å². The highest BCUT2D eigenvalue weighted by molar-refractivity contribution is 5.82. The van der Waals surface area contributed by atoms with Crippen molar-refractivity contribution in [3.8, 4) is 5.75 Å². The summed E-state index contributed by atoms with van der Waals surface area (Å²) in [6.07, 6.45) is 5.95. The molecule has 0 unspecified atom stereocenters. The molecular weight excluding hydrogens is 296 g/mol. The van der Waals surface area contributed by atoms with Crippen LogP contribution >= 0.6 is 0 Å². The quantitative estimate of drug-likeness (QED) is 0.265. The minimum Gasteiger partial charge on any atom is -0.497 e. The highest BCUT2D eigenvalue weighted by Gasteiger charge is 2.15. The number of nitrogens with zero attached hydrogens (tertiary/aromatic N) is 2. The molecule has 1 atom stereocenters. The number of benzene rings is 1. The molecule has 0 aliphatic heterocycles. The second-order valence-corrected chi connectivity index (χ2v) is 4.87. The van der Waals surface area contributed by atoms with Crippen LogP contribution in [0.15, 0.2) is 35.3 Å². The van der Waals surface area contributed by atoms with Crippen LogP contribution in [0.1, 0.15) is 18.4 Å². The van der Waals surface area contributed by atoms with Gasteiger partial charge in [0.05, 0.1) is 7.11 Å². The van der Waals surface area contributed by atoms with E-state index in [4.69, 9.17) is 21.1 Å². The average Bonchev–Trinajstić information content (AvgIpc) is 2.56. The molecule has 1 rings (SSSR count). The number of carboxylic acids is 1. The van der Waals surface area contributed by atoms with Crippen LogP contribution in [0.25, 0.3) is 6.08 Å². The minimum atomic E-state index is -0.969. The van der Waals surface area contributed by atoms with Crippen LogP contribution in [-0.4, -0.2) is 48.4 Å². The Kier molecular flexibility index (Phi) is 8.23. The zero-order valence-electron chi connectivity index (χ0n) is 13.2. The topological polar surface area (TPSA) is 112 Å². The number of aliphatic carboxylic acids is 1. The van der Waals surface area contributed by atoms with Crippen LogP contribution in [-0.2, 0) is 4.79 Å². The molecule has 0 radical (unpaired) electrons. The maximum absolute atomic E-state index is 11.1. The minimum absolute atomic E-state index is 0.131. The van der Waals surface area contributed by atoms with E-state index in [2.05, 4.69) is 4.99 Å². The summed E-state index contributed by atoms with van der Waals surface area (Å²) in [5, 5.41) is 9.13. The maximum atomic E-state index is 11.1. The zero-order valence-corrected chi connectivity index (χ0v) is 13.2. The summed E-state index contributed by atoms with van der Waals surface area (Å²) < 4.78 is 6.26. The van der Waals surface area contributed by atoms with E-state index < -0.39 is 12.0 Å². The smallest absolute Gasteiger partial charge is 0.328 e. The summed E-state index contributed by atoms with van der Waals surface area (Å²) in [7, 11) is 1.61. The fourth-order valence-electron chi connectivity index (χ4n) is 1.85. The summed E-state index contributed by atoms with van der Waals surface area (Å²) >= 11 is 0. The van der Waals surface area contributed by atoms with Gasteiger partial charge in [-0.3, -0.25) is 10.7 Å². The van der Waals surface area contributed by atoms with Crippen molar-refractivity contribution in [1.29, 1.82) is 5.53 Å². The summed E-state index contributed by atoms with van der Waals surface area (Å²) in [4.78, 5) is 15.2. The maximum Gasteiger partial charge on any atom is 0.328 e. The third-order valence-corrected chi connectivity index (χ3v) is 3.17. The van der Waals surface area contributed by atoms with E-state index >= 15 is 0 Å². The molecule has 0 saturated heterocycles. The van der Waals surface area contributed by atoms with E-state index in [1.807, 2.05) is 30.3 Å². The molecule has 0 fully saturated rings. The van der Waals surface area contributed by atoms with E-state index in [0.717, 1.165) is 11.3 Å². The number of carboxylic acid groups (broad SMARTS) is 1. The normalized spacial score (nSPS) is 12.6. The standard InChI is InChI=1S/C16H22N4O3/c1-23-14-8-6-13(7-9-14)4-2-10-19-15(16(21)22)5-3-11-20(18)12-17/h2,4,6-10,15,18H,3,5,11-12,17H2,1H3/p+1/b4-2+,19-10?,20-18?/t15-/m0/s1. The number of hydrogen-bond acceptors (Lipinski definition) is 5. The van der Waals surface area contributed by atoms with Crippen LogP contribution < -0.4 is 10.5 Å². The van der Waals surface area contributed by atoms with Crippen molar-refractivity contribution in [3.63, 3.8) is 0 Å². The lowest BCUT2D eigenvalue weighted by Gasteiger charge is -2.04. The molecule has 7 nitrogen and oxygen atoms in total. The number of hydrogen-bond donors (Lipinski definition) is 3. The summed E-state index contributed by atoms with van der Waals surface area (Å²) in [6.45, 7) is 0.559. The Morgan fingerprint density at radius 3 is 2.74 bits per heavy atom. The van der Waals surface area contributed by atoms with Gasteiger partial charge in [-0.05, 0) is 30.2 Å². The Balaban J connectivity index is 2.51. The van der Waals surface area contributed by atoms with Crippen molar-refractivity contribution in [3.05, 3.63) is 35.9 Å². The van der Waals surface area contributed by atoms with Crippen molar-refractivity contribution in [2.24, 2.45) is 10.7 Å². The van der Waals surface area contributed by atoms with Crippen LogP contribution in [0.3, 0.4) is 0 Å². The molecule has 0 aromatic heterocycles. The van der Waals surface area contributed by atoms with E-state index in [1.54, 1.807) is 13.2 Å². The van der Waals surface area contributed by atoms with Crippen molar-refractivity contribution in [2.75, 3.05) is 20.3 Å². The third kappa shape index (κ3) is 7.32. The van der Waals surface area contributed by atoms with Gasteiger partial charge in [-0.15, -0.1) is 4.70 Å². The molecule has 1 aromatic carbocycles. The molecule has 0 saturated carbocycles. The van der Waals surface area contributed by atoms with E-state index in [-0.39, 0.29) is 6.67 Å². The molecule has 0 aliphatic carbocycles. The lowest BCUT2D eigenvalue weighted by Crippen LogP contribution is -2.22. The number of allylic oxidation sites excluding steroid dienone is 1. The Labute approximate surface area is 135 Å². The predicted octanol–water partition coefficient (Wildman–Crippen LogP) is 1.97. The van der Waals surface area contributed by atoms with Crippen LogP contribution in [0, 0.1) is 5.53 Å². The van der Waals surface area contributed by atoms with Gasteiger partial charge in [0.1, 0.15) is 11.8 Å². The van der Waals surface area contributed by atoms with Gasteiger partial charge in [-0.1, -0.05) is 23.7 Å². The van der Waals surface area contributed by atoms with Crippen LogP contribution in [0.4, 0.5) is 0 Å². The Hall–Kier alpha value is -2.54. The highest BCUT2D eigenvalue weighted by Crippen LogP contribution is 2.12. The number of methoxy groups -OCH3 is 1. The molecule has 0 bridgehead atoms. The van der Waals surface area contributed by atoms with Gasteiger partial charge >= 0.3 is 5.97 Å². The van der Waals surface area contributed by atoms with Crippen molar-refractivity contribution in [2.45, 2.75) is 18.9 Å². The fraction of sp³-hybridized carbons (Fsp3) is 0.375. The first kappa shape index (κ1) is 18.5. The Bertz CT molecular complexity index is 567. The number of nitrogens with two attached hydrogens (primary N) is 1. The number of carbonyl (C=O) groups is 1. The van der Waals surface area contributed by atoms with Gasteiger partial charge in [0.25, 0.3) is 0 Å². The highest BCUT2D eigenvalue weighted by atomic mass is 16.5. The van der Waals surface area contributed by atoms with Crippen molar-refractivity contribution >= 4 is 18.3 Å². The van der Waals surface area contributed by atoms with E-state index in [0.29, 0.717) is 19.4 Å². The molecule has 1 aromatic rings. The van der Waals surface area contributed by atoms with E-state index in [9.17, 15) is 4.79 Å². The molecule has 0 heterocycles. The first-order valence-electron chi connectivity index (χ1n) is 7.29. The fourth-order valence-corrected chi connectivity index (χ4v) is 1.85. The van der Waals surface area contributed by atoms with Gasteiger partial charge < -0.3 is 9.84 Å². The van der Waals surface area contributed by atoms with Crippen molar-refractivity contribution < 1.29 is 19.3 Å². The monoisotopic (exact) mass is 319 g/mol. The van der Waals surface area contributed by atoms with Gasteiger partial charge in [-0.2, -0.15) is 0 Å². The van der Waals surface area contributed by atoms with E-state index in [1.165, 1.54) is 10.9 Å². The summed E-state index contributed by atoms with van der Waals surface area (Å²) in [6, 6.07) is 6.68. The molecule has 124 valence electrons. The predicted molar refractivity (Wildman–Crippen MR) is 88.1 cm³/mol. The summed E-state index contributed by atoms with van der Waals surface area (Å²) in [5.41, 5.74) is 13.6. The lowest BCUT2D eigenvalue weighted by molar-refractivity contribution is -0.614. The second kappa shape index (κ2) is 10.2. The molecule has 7 heteroatoms. The Morgan fingerprint density at radius 1 is 1.48 bits per heavy atom. The van der Waals surface area contributed by atoms with Crippen LogP contribution in [0.2, 0.25) is 0 Å². The van der Waals surface area contributed by atoms with Gasteiger partial charge in [-0.25, -0.2) is 4.79 Å². The molecule has 4 N–H and O–H groups in total. The first-order valence-corrected chi connectivity index (χ1v) is 7.29. The SMILES string of the molecule is COc1ccc(/C=C/C=N[C@@H](CCC[N+](=N)CN)C(=O)O)cc1. The zero-order chi connectivity index (χ0) is 17.1. The second-order valence-electron chi connectivity index (χ2n) is 4.87. The van der Waals surface area contributed by atoms with Gasteiger partial charge in [0.15, 0.2) is 6.54 Å². The number of nitrogens with one attached hydrogen (secondary N) is 1. The third-order valence-electron chi connectivity index (χ3n) is 3.17. The molecular formula is C16H23N4O3+. The molecule has 0 aliphatic rings. The first-order chi connectivity index (χ1) is 11.1. The number of ether oxygens (including phenoxy) is 1. The molecule has 23 heavy (non-hydrogen) atoms. The lowest BCUT2D eigenvalue weighted by atomic mass is 10.1. The average molecular weight is 319 g/mol. The molecule has 0 amide bonds. The summed E-state index contributed by atoms with van der Waals surface area (Å²) in [5.74, 6) is -0.189.